The summed E-state index contributed by atoms with van der Waals surface area (Å²) in [6, 6.07) is 9.57. The fourth-order valence-corrected chi connectivity index (χ4v) is 4.48. The first kappa shape index (κ1) is 23.1. The van der Waals surface area contributed by atoms with Gasteiger partial charge in [0.25, 0.3) is 5.91 Å². The third-order valence-corrected chi connectivity index (χ3v) is 6.67. The Balaban J connectivity index is 1.49. The van der Waals surface area contributed by atoms with Crippen LogP contribution in [0.4, 0.5) is 19.0 Å². The van der Waals surface area contributed by atoms with Gasteiger partial charge in [-0.1, -0.05) is 0 Å². The van der Waals surface area contributed by atoms with Crippen molar-refractivity contribution >= 4 is 22.6 Å². The van der Waals surface area contributed by atoms with Crippen molar-refractivity contribution in [2.24, 2.45) is 5.41 Å². The lowest BCUT2D eigenvalue weighted by Gasteiger charge is -2.25. The Labute approximate surface area is 199 Å². The standard InChI is InChI=1S/C25H22F3N5O2/c1-14-21-19(11-35-14)18-8-15(2-5-20(18)32-22(21)30)23(34)33(13-24(12-29)6-7-24)10-17-4-3-16(9-31-17)25(26,27)28/h2-5,8-9,14H,6-7,10-11,13H2,1H3,(H2,30,32)/t14-/m0/s1. The van der Waals surface area contributed by atoms with E-state index in [1.807, 2.05) is 6.92 Å². The number of alkyl halides is 3. The molecule has 3 heterocycles. The molecule has 1 aliphatic carbocycles. The number of amides is 1. The lowest BCUT2D eigenvalue weighted by molar-refractivity contribution is -0.137. The van der Waals surface area contributed by atoms with Gasteiger partial charge in [-0.05, 0) is 55.7 Å². The molecule has 1 aromatic carbocycles. The molecule has 1 saturated carbocycles. The highest BCUT2D eigenvalue weighted by Crippen LogP contribution is 2.46. The van der Waals surface area contributed by atoms with E-state index in [4.69, 9.17) is 10.5 Å². The smallest absolute Gasteiger partial charge is 0.383 e. The highest BCUT2D eigenvalue weighted by atomic mass is 19.4. The van der Waals surface area contributed by atoms with Crippen molar-refractivity contribution in [3.05, 3.63) is 64.5 Å². The number of nitrogens with two attached hydrogens (primary N) is 1. The van der Waals surface area contributed by atoms with Gasteiger partial charge in [0, 0.05) is 29.3 Å². The summed E-state index contributed by atoms with van der Waals surface area (Å²) >= 11 is 0. The zero-order valence-corrected chi connectivity index (χ0v) is 18.9. The number of nitrogen functional groups attached to an aromatic ring is 1. The Hall–Kier alpha value is -3.71. The van der Waals surface area contributed by atoms with Crippen molar-refractivity contribution in [1.82, 2.24) is 14.9 Å². The minimum absolute atomic E-state index is 0.0172. The van der Waals surface area contributed by atoms with E-state index in [-0.39, 0.29) is 25.1 Å². The highest BCUT2D eigenvalue weighted by molar-refractivity contribution is 5.99. The van der Waals surface area contributed by atoms with Crippen LogP contribution in [0.5, 0.6) is 0 Å². The molecule has 0 radical (unpaired) electrons. The summed E-state index contributed by atoms with van der Waals surface area (Å²) in [6.45, 7) is 2.40. The molecule has 1 amide bonds. The van der Waals surface area contributed by atoms with E-state index in [0.717, 1.165) is 28.8 Å². The molecule has 1 aliphatic heterocycles. The zero-order chi connectivity index (χ0) is 25.0. The minimum Gasteiger partial charge on any atom is -0.383 e. The molecule has 2 aliphatic rings. The number of hydrogen-bond acceptors (Lipinski definition) is 6. The van der Waals surface area contributed by atoms with Crippen LogP contribution in [0.15, 0.2) is 36.5 Å². The van der Waals surface area contributed by atoms with Crippen LogP contribution in [0.3, 0.4) is 0 Å². The number of nitriles is 1. The fraction of sp³-hybridized carbons (Fsp3) is 0.360. The summed E-state index contributed by atoms with van der Waals surface area (Å²) in [6.07, 6.45) is -2.61. The molecule has 3 aromatic rings. The molecule has 1 atom stereocenters. The van der Waals surface area contributed by atoms with Crippen LogP contribution in [0.2, 0.25) is 0 Å². The quantitative estimate of drug-likeness (QED) is 0.563. The van der Waals surface area contributed by atoms with Crippen LogP contribution in [-0.2, 0) is 24.1 Å². The largest absolute Gasteiger partial charge is 0.417 e. The molecule has 2 aromatic heterocycles. The maximum Gasteiger partial charge on any atom is 0.417 e. The van der Waals surface area contributed by atoms with Crippen LogP contribution in [-0.4, -0.2) is 27.3 Å². The van der Waals surface area contributed by atoms with Gasteiger partial charge in [-0.3, -0.25) is 9.78 Å². The molecule has 7 nitrogen and oxygen atoms in total. The number of halogens is 3. The summed E-state index contributed by atoms with van der Waals surface area (Å²) in [5.74, 6) is 0.0592. The van der Waals surface area contributed by atoms with Crippen molar-refractivity contribution in [2.45, 2.75) is 45.2 Å². The van der Waals surface area contributed by atoms with Gasteiger partial charge in [0.1, 0.15) is 5.82 Å². The zero-order valence-electron chi connectivity index (χ0n) is 18.9. The molecule has 0 unspecified atom stereocenters. The van der Waals surface area contributed by atoms with Crippen LogP contribution >= 0.6 is 0 Å². The highest BCUT2D eigenvalue weighted by Gasteiger charge is 2.45. The Morgan fingerprint density at radius 3 is 2.71 bits per heavy atom. The maximum atomic E-state index is 13.6. The number of nitrogens with zero attached hydrogens (tertiary/aromatic N) is 4. The molecule has 2 N–H and O–H groups in total. The van der Waals surface area contributed by atoms with E-state index in [1.54, 1.807) is 18.2 Å². The van der Waals surface area contributed by atoms with Gasteiger partial charge in [-0.25, -0.2) is 4.98 Å². The fourth-order valence-electron chi connectivity index (χ4n) is 4.48. The van der Waals surface area contributed by atoms with Gasteiger partial charge < -0.3 is 15.4 Å². The normalized spacial score (nSPS) is 18.2. The first-order chi connectivity index (χ1) is 16.6. The average Bonchev–Trinajstić information content (AvgIpc) is 3.49. The molecule has 0 bridgehead atoms. The van der Waals surface area contributed by atoms with Gasteiger partial charge in [0.15, 0.2) is 0 Å². The Kier molecular flexibility index (Phi) is 5.40. The van der Waals surface area contributed by atoms with E-state index in [1.165, 1.54) is 11.0 Å². The summed E-state index contributed by atoms with van der Waals surface area (Å²) in [5.41, 5.74) is 7.65. The van der Waals surface area contributed by atoms with Crippen LogP contribution in [0.1, 0.15) is 58.6 Å². The predicted molar refractivity (Wildman–Crippen MR) is 121 cm³/mol. The lowest BCUT2D eigenvalue weighted by Crippen LogP contribution is -2.35. The summed E-state index contributed by atoms with van der Waals surface area (Å²) in [7, 11) is 0. The molecule has 35 heavy (non-hydrogen) atoms. The summed E-state index contributed by atoms with van der Waals surface area (Å²) in [5, 5.41) is 10.3. The van der Waals surface area contributed by atoms with Gasteiger partial charge >= 0.3 is 6.18 Å². The second kappa shape index (κ2) is 8.20. The number of rotatable bonds is 5. The van der Waals surface area contributed by atoms with Crippen LogP contribution < -0.4 is 5.73 Å². The number of anilines is 1. The van der Waals surface area contributed by atoms with Crippen molar-refractivity contribution in [1.29, 1.82) is 5.26 Å². The minimum atomic E-state index is -4.50. The van der Waals surface area contributed by atoms with Crippen molar-refractivity contribution in [3.8, 4) is 6.07 Å². The Morgan fingerprint density at radius 2 is 2.09 bits per heavy atom. The monoisotopic (exact) mass is 481 g/mol. The van der Waals surface area contributed by atoms with Gasteiger partial charge in [0.05, 0.1) is 47.5 Å². The number of fused-ring (bicyclic) bond motifs is 3. The molecular weight excluding hydrogens is 459 g/mol. The van der Waals surface area contributed by atoms with E-state index in [0.29, 0.717) is 42.0 Å². The number of carbonyl (C=O) groups is 1. The van der Waals surface area contributed by atoms with Gasteiger partial charge in [-0.15, -0.1) is 0 Å². The molecule has 5 rings (SSSR count). The molecule has 1 fully saturated rings. The van der Waals surface area contributed by atoms with Crippen LogP contribution in [0, 0.1) is 16.7 Å². The SMILES string of the molecule is C[C@@H]1OCc2c1c(N)nc1ccc(C(=O)N(Cc3ccc(C(F)(F)F)cn3)CC3(C#N)CC3)cc21. The number of pyridine rings is 2. The third-order valence-electron chi connectivity index (χ3n) is 6.67. The number of ether oxygens (including phenoxy) is 1. The van der Waals surface area contributed by atoms with E-state index >= 15 is 0 Å². The second-order valence-electron chi connectivity index (χ2n) is 9.16. The molecule has 0 saturated heterocycles. The van der Waals surface area contributed by atoms with E-state index < -0.39 is 17.2 Å². The number of aromatic nitrogens is 2. The average molecular weight is 481 g/mol. The summed E-state index contributed by atoms with van der Waals surface area (Å²) in [4.78, 5) is 23.5. The maximum absolute atomic E-state index is 13.6. The molecule has 0 spiro atoms. The van der Waals surface area contributed by atoms with Crippen molar-refractivity contribution < 1.29 is 22.7 Å². The van der Waals surface area contributed by atoms with E-state index in [9.17, 15) is 23.2 Å². The first-order valence-corrected chi connectivity index (χ1v) is 11.2. The first-order valence-electron chi connectivity index (χ1n) is 11.2. The number of carbonyl (C=O) groups excluding carboxylic acids is 1. The van der Waals surface area contributed by atoms with E-state index in [2.05, 4.69) is 16.0 Å². The topological polar surface area (TPSA) is 105 Å². The second-order valence-corrected chi connectivity index (χ2v) is 9.16. The number of hydrogen-bond donors (Lipinski definition) is 1. The Bertz CT molecular complexity index is 1360. The summed E-state index contributed by atoms with van der Waals surface area (Å²) < 4.78 is 44.5. The number of benzene rings is 1. The molecule has 180 valence electrons. The Morgan fingerprint density at radius 1 is 1.31 bits per heavy atom. The molecular formula is C25H22F3N5O2. The van der Waals surface area contributed by atoms with Crippen molar-refractivity contribution in [2.75, 3.05) is 12.3 Å². The predicted octanol–water partition coefficient (Wildman–Crippen LogP) is 4.77. The third kappa shape index (κ3) is 4.28. The lowest BCUT2D eigenvalue weighted by atomic mass is 9.99. The van der Waals surface area contributed by atoms with Gasteiger partial charge in [0.2, 0.25) is 0 Å². The van der Waals surface area contributed by atoms with Crippen molar-refractivity contribution in [3.63, 3.8) is 0 Å². The molecule has 10 heteroatoms. The van der Waals surface area contributed by atoms with Crippen LogP contribution in [0.25, 0.3) is 10.9 Å². The van der Waals surface area contributed by atoms with Gasteiger partial charge in [-0.2, -0.15) is 18.4 Å².